The first-order chi connectivity index (χ1) is 19.5. The zero-order valence-electron chi connectivity index (χ0n) is 24.2. The summed E-state index contributed by atoms with van der Waals surface area (Å²) in [6.07, 6.45) is 2.59. The van der Waals surface area contributed by atoms with E-state index in [-0.39, 0.29) is 43.8 Å². The molecule has 0 fully saturated rings. The number of carbonyl (C=O) groups excluding carboxylic acids is 2. The van der Waals surface area contributed by atoms with Crippen molar-refractivity contribution >= 4 is 39.1 Å². The Morgan fingerprint density at radius 3 is 2.22 bits per heavy atom. The van der Waals surface area contributed by atoms with Crippen molar-refractivity contribution in [2.24, 2.45) is 0 Å². The van der Waals surface area contributed by atoms with E-state index in [1.165, 1.54) is 10.6 Å². The van der Waals surface area contributed by atoms with Crippen molar-refractivity contribution in [3.63, 3.8) is 0 Å². The molecule has 41 heavy (non-hydrogen) atoms. The van der Waals surface area contributed by atoms with Crippen LogP contribution in [0.4, 0.5) is 5.69 Å². The molecule has 0 aliphatic heterocycles. The highest BCUT2D eigenvalue weighted by Gasteiger charge is 2.31. The zero-order chi connectivity index (χ0) is 30.0. The first-order valence-corrected chi connectivity index (χ1v) is 16.1. The molecule has 0 saturated carbocycles. The van der Waals surface area contributed by atoms with Crippen LogP contribution in [0.1, 0.15) is 49.8 Å². The highest BCUT2D eigenvalue weighted by atomic mass is 35.5. The Morgan fingerprint density at radius 1 is 0.951 bits per heavy atom. The van der Waals surface area contributed by atoms with Crippen LogP contribution in [0.5, 0.6) is 0 Å². The van der Waals surface area contributed by atoms with Crippen LogP contribution in [-0.4, -0.2) is 50.0 Å². The Balaban J connectivity index is 1.91. The number of sulfonamides is 1. The standard InChI is InChI=1S/C32H40ClN3O4S/c1-5-25(3)34-32(38)30(22-26-15-7-6-8-16-26)35(23-27-17-10-11-18-28(27)33)31(37)20-13-21-36(41(4,39)40)29-19-12-9-14-24(29)2/h6-12,14-19,25,30H,5,13,20-23H2,1-4H3,(H,34,38). The van der Waals surface area contributed by atoms with Crippen LogP contribution in [0, 0.1) is 6.92 Å². The van der Waals surface area contributed by atoms with Gasteiger partial charge in [-0.25, -0.2) is 8.42 Å². The maximum atomic E-state index is 13.9. The van der Waals surface area contributed by atoms with Crippen molar-refractivity contribution < 1.29 is 18.0 Å². The van der Waals surface area contributed by atoms with Gasteiger partial charge in [0.15, 0.2) is 0 Å². The van der Waals surface area contributed by atoms with E-state index in [2.05, 4.69) is 5.32 Å². The molecule has 0 spiro atoms. The topological polar surface area (TPSA) is 86.8 Å². The lowest BCUT2D eigenvalue weighted by Gasteiger charge is -2.33. The minimum absolute atomic E-state index is 0.0598. The van der Waals surface area contributed by atoms with Gasteiger partial charge in [-0.15, -0.1) is 0 Å². The molecule has 3 rings (SSSR count). The maximum Gasteiger partial charge on any atom is 0.243 e. The second-order valence-corrected chi connectivity index (χ2v) is 12.7. The minimum Gasteiger partial charge on any atom is -0.352 e. The zero-order valence-corrected chi connectivity index (χ0v) is 25.8. The molecule has 0 aliphatic carbocycles. The molecule has 9 heteroatoms. The number of para-hydroxylation sites is 1. The number of hydrogen-bond donors (Lipinski definition) is 1. The number of rotatable bonds is 14. The summed E-state index contributed by atoms with van der Waals surface area (Å²) in [6.45, 7) is 6.07. The van der Waals surface area contributed by atoms with Crippen LogP contribution in [0.25, 0.3) is 0 Å². The molecule has 1 N–H and O–H groups in total. The lowest BCUT2D eigenvalue weighted by Crippen LogP contribution is -2.52. The van der Waals surface area contributed by atoms with Gasteiger partial charge in [0.2, 0.25) is 21.8 Å². The summed E-state index contributed by atoms with van der Waals surface area (Å²) >= 11 is 6.49. The molecule has 2 unspecified atom stereocenters. The van der Waals surface area contributed by atoms with Gasteiger partial charge in [0.05, 0.1) is 11.9 Å². The minimum atomic E-state index is -3.57. The summed E-state index contributed by atoms with van der Waals surface area (Å²) in [5.41, 5.74) is 3.07. The summed E-state index contributed by atoms with van der Waals surface area (Å²) in [4.78, 5) is 29.2. The van der Waals surface area contributed by atoms with Crippen molar-refractivity contribution in [2.75, 3.05) is 17.1 Å². The van der Waals surface area contributed by atoms with E-state index in [1.54, 1.807) is 23.1 Å². The maximum absolute atomic E-state index is 13.9. The van der Waals surface area contributed by atoms with Crippen LogP contribution < -0.4 is 9.62 Å². The number of nitrogens with one attached hydrogen (secondary N) is 1. The van der Waals surface area contributed by atoms with Gasteiger partial charge in [-0.05, 0) is 55.5 Å². The molecule has 2 atom stereocenters. The molecule has 0 bridgehead atoms. The van der Waals surface area contributed by atoms with E-state index in [1.807, 2.05) is 81.4 Å². The second kappa shape index (κ2) is 15.0. The highest BCUT2D eigenvalue weighted by molar-refractivity contribution is 7.92. The number of nitrogens with zero attached hydrogens (tertiary/aromatic N) is 2. The first kappa shape index (κ1) is 32.2. The van der Waals surface area contributed by atoms with Crippen LogP contribution in [-0.2, 0) is 32.6 Å². The normalized spacial score (nSPS) is 12.8. The third-order valence-corrected chi connectivity index (χ3v) is 8.66. The molecular formula is C32H40ClN3O4S. The third kappa shape index (κ3) is 9.33. The average molecular weight is 598 g/mol. The Bertz CT molecular complexity index is 1420. The fourth-order valence-corrected chi connectivity index (χ4v) is 5.85. The van der Waals surface area contributed by atoms with Gasteiger partial charge in [-0.3, -0.25) is 13.9 Å². The predicted octanol–water partition coefficient (Wildman–Crippen LogP) is 5.75. The smallest absolute Gasteiger partial charge is 0.243 e. The molecule has 0 heterocycles. The monoisotopic (exact) mass is 597 g/mol. The molecule has 0 aliphatic rings. The van der Waals surface area contributed by atoms with Crippen LogP contribution in [0.3, 0.4) is 0 Å². The van der Waals surface area contributed by atoms with Crippen molar-refractivity contribution in [3.8, 4) is 0 Å². The van der Waals surface area contributed by atoms with E-state index in [0.29, 0.717) is 17.1 Å². The molecule has 0 aromatic heterocycles. The number of aryl methyl sites for hydroxylation is 1. The number of anilines is 1. The lowest BCUT2D eigenvalue weighted by molar-refractivity contribution is -0.141. The SMILES string of the molecule is CCC(C)NC(=O)C(Cc1ccccc1)N(Cc1ccccc1Cl)C(=O)CCCN(c1ccccc1C)S(C)(=O)=O. The van der Waals surface area contributed by atoms with Gasteiger partial charge in [0, 0.05) is 37.0 Å². The molecule has 220 valence electrons. The van der Waals surface area contributed by atoms with E-state index < -0.39 is 16.1 Å². The largest absolute Gasteiger partial charge is 0.352 e. The van der Waals surface area contributed by atoms with Gasteiger partial charge >= 0.3 is 0 Å². The van der Waals surface area contributed by atoms with E-state index in [9.17, 15) is 18.0 Å². The quantitative estimate of drug-likeness (QED) is 0.256. The van der Waals surface area contributed by atoms with Crippen LogP contribution in [0.2, 0.25) is 5.02 Å². The number of carbonyl (C=O) groups is 2. The van der Waals surface area contributed by atoms with Crippen molar-refractivity contribution in [3.05, 3.63) is 101 Å². The molecule has 0 radical (unpaired) electrons. The number of hydrogen-bond acceptors (Lipinski definition) is 4. The van der Waals surface area contributed by atoms with Crippen LogP contribution in [0.15, 0.2) is 78.9 Å². The van der Waals surface area contributed by atoms with Gasteiger partial charge in [-0.2, -0.15) is 0 Å². The number of amides is 2. The average Bonchev–Trinajstić information content (AvgIpc) is 2.94. The lowest BCUT2D eigenvalue weighted by atomic mass is 10.0. The van der Waals surface area contributed by atoms with Crippen molar-refractivity contribution in [2.45, 2.75) is 65.1 Å². The Morgan fingerprint density at radius 2 is 1.59 bits per heavy atom. The van der Waals surface area contributed by atoms with E-state index >= 15 is 0 Å². The summed E-state index contributed by atoms with van der Waals surface area (Å²) < 4.78 is 26.7. The highest BCUT2D eigenvalue weighted by Crippen LogP contribution is 2.24. The van der Waals surface area contributed by atoms with Gasteiger partial charge < -0.3 is 10.2 Å². The van der Waals surface area contributed by atoms with Gasteiger partial charge in [-0.1, -0.05) is 85.3 Å². The Hall–Kier alpha value is -3.36. The third-order valence-electron chi connectivity index (χ3n) is 7.11. The second-order valence-electron chi connectivity index (χ2n) is 10.4. The van der Waals surface area contributed by atoms with Crippen molar-refractivity contribution in [1.29, 1.82) is 0 Å². The van der Waals surface area contributed by atoms with Gasteiger partial charge in [0.25, 0.3) is 0 Å². The Kier molecular flexibility index (Phi) is 11.8. The number of halogens is 1. The fourth-order valence-electron chi connectivity index (χ4n) is 4.63. The molecular weight excluding hydrogens is 558 g/mol. The van der Waals surface area contributed by atoms with E-state index in [4.69, 9.17) is 11.6 Å². The Labute approximate surface area is 249 Å². The molecule has 3 aromatic carbocycles. The van der Waals surface area contributed by atoms with Gasteiger partial charge in [0.1, 0.15) is 6.04 Å². The number of benzene rings is 3. The molecule has 0 saturated heterocycles. The first-order valence-electron chi connectivity index (χ1n) is 13.9. The summed E-state index contributed by atoms with van der Waals surface area (Å²) in [6, 6.07) is 23.3. The summed E-state index contributed by atoms with van der Waals surface area (Å²) in [5.74, 6) is -0.482. The summed E-state index contributed by atoms with van der Waals surface area (Å²) in [5, 5.41) is 3.56. The predicted molar refractivity (Wildman–Crippen MR) is 166 cm³/mol. The van der Waals surface area contributed by atoms with E-state index in [0.717, 1.165) is 23.1 Å². The molecule has 2 amide bonds. The molecule has 7 nitrogen and oxygen atoms in total. The van der Waals surface area contributed by atoms with Crippen molar-refractivity contribution in [1.82, 2.24) is 10.2 Å². The fraction of sp³-hybridized carbons (Fsp3) is 0.375. The van der Waals surface area contributed by atoms with Crippen LogP contribution >= 0.6 is 11.6 Å². The summed E-state index contributed by atoms with van der Waals surface area (Å²) in [7, 11) is -3.57. The molecule has 3 aromatic rings.